The first-order chi connectivity index (χ1) is 11.6. The van der Waals surface area contributed by atoms with Gasteiger partial charge in [0.2, 0.25) is 5.91 Å². The summed E-state index contributed by atoms with van der Waals surface area (Å²) in [6, 6.07) is 2.16. The summed E-state index contributed by atoms with van der Waals surface area (Å²) >= 11 is 0. The second kappa shape index (κ2) is 15.4. The quantitative estimate of drug-likeness (QED) is 0.314. The summed E-state index contributed by atoms with van der Waals surface area (Å²) < 4.78 is 0. The van der Waals surface area contributed by atoms with Crippen LogP contribution in [0.2, 0.25) is 0 Å². The number of nitrogens with zero attached hydrogens (tertiary/aromatic N) is 3. The van der Waals surface area contributed by atoms with Gasteiger partial charge in [0.25, 0.3) is 0 Å². The molecular formula is C20H39N3O. The molecule has 1 atom stereocenters. The molecule has 0 aromatic heterocycles. The minimum atomic E-state index is 0.101. The summed E-state index contributed by atoms with van der Waals surface area (Å²) in [4.78, 5) is 16.5. The van der Waals surface area contributed by atoms with E-state index in [9.17, 15) is 4.79 Å². The fourth-order valence-electron chi connectivity index (χ4n) is 3.21. The van der Waals surface area contributed by atoms with Gasteiger partial charge in [0.1, 0.15) is 0 Å². The fourth-order valence-corrected chi connectivity index (χ4v) is 3.21. The maximum absolute atomic E-state index is 12.6. The third-order valence-electron chi connectivity index (χ3n) is 4.60. The summed E-state index contributed by atoms with van der Waals surface area (Å²) in [7, 11) is 4.00. The van der Waals surface area contributed by atoms with E-state index in [0.29, 0.717) is 19.4 Å². The molecule has 0 aliphatic carbocycles. The summed E-state index contributed by atoms with van der Waals surface area (Å²) in [5, 5.41) is 8.84. The minimum Gasteiger partial charge on any atom is -0.326 e. The molecule has 1 amide bonds. The number of unbranched alkanes of at least 4 members (excludes halogenated alkanes) is 8. The highest BCUT2D eigenvalue weighted by Gasteiger charge is 2.23. The number of nitriles is 1. The first kappa shape index (κ1) is 22.9. The van der Waals surface area contributed by atoms with E-state index in [4.69, 9.17) is 5.26 Å². The Morgan fingerprint density at radius 2 is 1.50 bits per heavy atom. The number of carbonyl (C=O) groups is 1. The van der Waals surface area contributed by atoms with Gasteiger partial charge >= 0.3 is 0 Å². The molecule has 0 aromatic rings. The summed E-state index contributed by atoms with van der Waals surface area (Å²) in [5.74, 6) is 0.203. The molecule has 0 fully saturated rings. The van der Waals surface area contributed by atoms with Gasteiger partial charge in [-0.2, -0.15) is 5.26 Å². The van der Waals surface area contributed by atoms with Crippen molar-refractivity contribution >= 4 is 5.91 Å². The standard InChI is InChI=1S/C20H39N3O/c1-5-7-8-9-10-11-12-13-14-16-20(24)23(18-15-17-21)19(6-2)22(3)4/h19H,5-16,18H2,1-4H3. The van der Waals surface area contributed by atoms with Gasteiger partial charge in [-0.05, 0) is 26.9 Å². The lowest BCUT2D eigenvalue weighted by atomic mass is 10.1. The van der Waals surface area contributed by atoms with Gasteiger partial charge in [-0.15, -0.1) is 0 Å². The fraction of sp³-hybridized carbons (Fsp3) is 0.900. The molecule has 0 N–H and O–H groups in total. The molecule has 0 aliphatic rings. The highest BCUT2D eigenvalue weighted by Crippen LogP contribution is 2.14. The van der Waals surface area contributed by atoms with Crippen LogP contribution < -0.4 is 0 Å². The lowest BCUT2D eigenvalue weighted by Crippen LogP contribution is -2.48. The Kier molecular flexibility index (Phi) is 14.8. The van der Waals surface area contributed by atoms with E-state index in [2.05, 4.69) is 24.8 Å². The van der Waals surface area contributed by atoms with Gasteiger partial charge in [0.15, 0.2) is 0 Å². The van der Waals surface area contributed by atoms with Crippen LogP contribution in [0.15, 0.2) is 0 Å². The number of carbonyl (C=O) groups excluding carboxylic acids is 1. The molecule has 4 nitrogen and oxygen atoms in total. The molecule has 4 heteroatoms. The molecule has 1 unspecified atom stereocenters. The topological polar surface area (TPSA) is 47.3 Å². The number of amides is 1. The van der Waals surface area contributed by atoms with Crippen LogP contribution in [-0.4, -0.2) is 42.5 Å². The van der Waals surface area contributed by atoms with E-state index >= 15 is 0 Å². The Balaban J connectivity index is 4.03. The van der Waals surface area contributed by atoms with Gasteiger partial charge in [-0.25, -0.2) is 0 Å². The summed E-state index contributed by atoms with van der Waals surface area (Å²) in [6.07, 6.45) is 13.4. The van der Waals surface area contributed by atoms with Crippen LogP contribution in [0.1, 0.15) is 90.9 Å². The normalized spacial score (nSPS) is 12.2. The van der Waals surface area contributed by atoms with Crippen molar-refractivity contribution in [2.24, 2.45) is 0 Å². The van der Waals surface area contributed by atoms with Crippen molar-refractivity contribution in [1.29, 1.82) is 5.26 Å². The summed E-state index contributed by atoms with van der Waals surface area (Å²) in [6.45, 7) is 4.88. The second-order valence-corrected chi connectivity index (χ2v) is 6.93. The third kappa shape index (κ3) is 10.6. The molecule has 0 aliphatic heterocycles. The van der Waals surface area contributed by atoms with Crippen molar-refractivity contribution in [3.8, 4) is 6.07 Å². The highest BCUT2D eigenvalue weighted by atomic mass is 16.2. The van der Waals surface area contributed by atoms with Crippen LogP contribution in [0.25, 0.3) is 0 Å². The van der Waals surface area contributed by atoms with Crippen LogP contribution in [0, 0.1) is 11.3 Å². The molecule has 0 spiro atoms. The second-order valence-electron chi connectivity index (χ2n) is 6.93. The predicted octanol–water partition coefficient (Wildman–Crippen LogP) is 4.95. The molecule has 0 aromatic carbocycles. The lowest BCUT2D eigenvalue weighted by Gasteiger charge is -2.35. The molecule has 24 heavy (non-hydrogen) atoms. The number of hydrogen-bond acceptors (Lipinski definition) is 3. The highest BCUT2D eigenvalue weighted by molar-refractivity contribution is 5.76. The lowest BCUT2D eigenvalue weighted by molar-refractivity contribution is -0.137. The van der Waals surface area contributed by atoms with Crippen molar-refractivity contribution in [1.82, 2.24) is 9.80 Å². The van der Waals surface area contributed by atoms with Crippen molar-refractivity contribution in [2.75, 3.05) is 20.6 Å². The molecule has 0 saturated carbocycles. The Morgan fingerprint density at radius 3 is 1.96 bits per heavy atom. The predicted molar refractivity (Wildman–Crippen MR) is 102 cm³/mol. The van der Waals surface area contributed by atoms with E-state index in [1.165, 1.54) is 44.9 Å². The number of hydrogen-bond donors (Lipinski definition) is 0. The Bertz CT molecular complexity index is 349. The molecule has 0 saturated heterocycles. The number of rotatable bonds is 15. The van der Waals surface area contributed by atoms with Crippen LogP contribution in [0.5, 0.6) is 0 Å². The average Bonchev–Trinajstić information content (AvgIpc) is 2.56. The van der Waals surface area contributed by atoms with Crippen LogP contribution >= 0.6 is 0 Å². The zero-order valence-corrected chi connectivity index (χ0v) is 16.5. The van der Waals surface area contributed by atoms with Gasteiger partial charge in [0, 0.05) is 13.0 Å². The smallest absolute Gasteiger partial charge is 0.223 e. The van der Waals surface area contributed by atoms with Gasteiger partial charge < -0.3 is 4.90 Å². The van der Waals surface area contributed by atoms with Crippen molar-refractivity contribution in [3.63, 3.8) is 0 Å². The Hall–Kier alpha value is -1.08. The van der Waals surface area contributed by atoms with Crippen molar-refractivity contribution in [3.05, 3.63) is 0 Å². The SMILES string of the molecule is CCCCCCCCCCCC(=O)N(CCC#N)C(CC)N(C)C. The van der Waals surface area contributed by atoms with Gasteiger partial charge in [-0.1, -0.05) is 65.2 Å². The van der Waals surface area contributed by atoms with E-state index in [1.807, 2.05) is 19.0 Å². The minimum absolute atomic E-state index is 0.101. The largest absolute Gasteiger partial charge is 0.326 e. The molecule has 0 heterocycles. The molecule has 0 radical (unpaired) electrons. The maximum atomic E-state index is 12.6. The zero-order valence-electron chi connectivity index (χ0n) is 16.5. The van der Waals surface area contributed by atoms with Gasteiger partial charge in [0.05, 0.1) is 18.7 Å². The zero-order chi connectivity index (χ0) is 18.2. The average molecular weight is 338 g/mol. The molecular weight excluding hydrogens is 298 g/mol. The van der Waals surface area contributed by atoms with Gasteiger partial charge in [-0.3, -0.25) is 9.69 Å². The van der Waals surface area contributed by atoms with E-state index < -0.39 is 0 Å². The summed E-state index contributed by atoms with van der Waals surface area (Å²) in [5.41, 5.74) is 0. The first-order valence-corrected chi connectivity index (χ1v) is 9.91. The monoisotopic (exact) mass is 337 g/mol. The third-order valence-corrected chi connectivity index (χ3v) is 4.60. The van der Waals surface area contributed by atoms with E-state index in [-0.39, 0.29) is 12.1 Å². The molecule has 0 rings (SSSR count). The van der Waals surface area contributed by atoms with Crippen molar-refractivity contribution in [2.45, 2.75) is 97.1 Å². The Labute approximate surface area is 150 Å². The molecule has 0 bridgehead atoms. The van der Waals surface area contributed by atoms with Crippen LogP contribution in [-0.2, 0) is 4.79 Å². The van der Waals surface area contributed by atoms with E-state index in [0.717, 1.165) is 19.3 Å². The molecule has 140 valence electrons. The van der Waals surface area contributed by atoms with Crippen LogP contribution in [0.3, 0.4) is 0 Å². The van der Waals surface area contributed by atoms with Crippen LogP contribution in [0.4, 0.5) is 0 Å². The van der Waals surface area contributed by atoms with Crippen molar-refractivity contribution < 1.29 is 4.79 Å². The Morgan fingerprint density at radius 1 is 0.958 bits per heavy atom. The first-order valence-electron chi connectivity index (χ1n) is 9.91. The van der Waals surface area contributed by atoms with E-state index in [1.54, 1.807) is 0 Å². The maximum Gasteiger partial charge on any atom is 0.223 e.